The van der Waals surface area contributed by atoms with Gasteiger partial charge in [0.05, 0.1) is 13.4 Å². The quantitative estimate of drug-likeness (QED) is 0.750. The first kappa shape index (κ1) is 11.4. The fourth-order valence-electron chi connectivity index (χ4n) is 0.968. The Bertz CT molecular complexity index is 470. The topological polar surface area (TPSA) is 85.4 Å². The van der Waals surface area contributed by atoms with Crippen LogP contribution in [0.15, 0.2) is 12.3 Å². The summed E-state index contributed by atoms with van der Waals surface area (Å²) in [6.45, 7) is 0. The molecule has 0 aliphatic rings. The van der Waals surface area contributed by atoms with Crippen LogP contribution in [0.1, 0.15) is 10.4 Å². The molecule has 1 rings (SSSR count). The van der Waals surface area contributed by atoms with E-state index in [2.05, 4.69) is 9.71 Å². The zero-order chi connectivity index (χ0) is 11.5. The van der Waals surface area contributed by atoms with Crippen molar-refractivity contribution < 1.29 is 17.9 Å². The van der Waals surface area contributed by atoms with Crippen molar-refractivity contribution in [3.8, 4) is 5.88 Å². The molecule has 0 aliphatic heterocycles. The summed E-state index contributed by atoms with van der Waals surface area (Å²) >= 11 is 0. The van der Waals surface area contributed by atoms with E-state index in [9.17, 15) is 13.2 Å². The van der Waals surface area contributed by atoms with E-state index in [-0.39, 0.29) is 17.1 Å². The number of hydrogen-bond donors (Lipinski definition) is 1. The van der Waals surface area contributed by atoms with Crippen LogP contribution in [0.3, 0.4) is 0 Å². The van der Waals surface area contributed by atoms with E-state index in [1.54, 1.807) is 0 Å². The Morgan fingerprint density at radius 2 is 2.20 bits per heavy atom. The zero-order valence-electron chi connectivity index (χ0n) is 8.22. The number of sulfonamides is 1. The first-order valence-electron chi connectivity index (χ1n) is 3.93. The van der Waals surface area contributed by atoms with Crippen molar-refractivity contribution in [3.05, 3.63) is 17.8 Å². The van der Waals surface area contributed by atoms with E-state index in [0.717, 1.165) is 6.26 Å². The average Bonchev–Trinajstić information content (AvgIpc) is 2.15. The number of carbonyl (C=O) groups excluding carboxylic acids is 1. The number of hydrogen-bond acceptors (Lipinski definition) is 5. The van der Waals surface area contributed by atoms with E-state index >= 15 is 0 Å². The number of aromatic nitrogens is 1. The molecule has 82 valence electrons. The highest BCUT2D eigenvalue weighted by Crippen LogP contribution is 2.22. The second kappa shape index (κ2) is 4.26. The lowest BCUT2D eigenvalue weighted by atomic mass is 10.3. The number of rotatable bonds is 4. The largest absolute Gasteiger partial charge is 0.480 e. The van der Waals surface area contributed by atoms with E-state index in [4.69, 9.17) is 4.74 Å². The van der Waals surface area contributed by atoms with Crippen molar-refractivity contribution in [2.45, 2.75) is 0 Å². The molecule has 0 fully saturated rings. The lowest BCUT2D eigenvalue weighted by molar-refractivity contribution is 0.112. The molecule has 6 nitrogen and oxygen atoms in total. The second-order valence-corrected chi connectivity index (χ2v) is 4.57. The van der Waals surface area contributed by atoms with Gasteiger partial charge in [-0.05, 0) is 6.07 Å². The molecule has 0 atom stereocenters. The monoisotopic (exact) mass is 230 g/mol. The van der Waals surface area contributed by atoms with Gasteiger partial charge in [0.1, 0.15) is 5.69 Å². The predicted molar refractivity (Wildman–Crippen MR) is 54.6 cm³/mol. The summed E-state index contributed by atoms with van der Waals surface area (Å²) in [5, 5.41) is 0. The number of aldehydes is 1. The normalized spacial score (nSPS) is 10.8. The Morgan fingerprint density at radius 1 is 1.53 bits per heavy atom. The third kappa shape index (κ3) is 3.21. The fourth-order valence-corrected chi connectivity index (χ4v) is 1.51. The van der Waals surface area contributed by atoms with Gasteiger partial charge in [0.15, 0.2) is 6.29 Å². The van der Waals surface area contributed by atoms with Crippen molar-refractivity contribution in [1.82, 2.24) is 4.98 Å². The minimum Gasteiger partial charge on any atom is -0.480 e. The van der Waals surface area contributed by atoms with Gasteiger partial charge in [-0.25, -0.2) is 13.4 Å². The van der Waals surface area contributed by atoms with E-state index in [1.165, 1.54) is 19.4 Å². The maximum Gasteiger partial charge on any atom is 0.238 e. The van der Waals surface area contributed by atoms with E-state index in [0.29, 0.717) is 6.29 Å². The summed E-state index contributed by atoms with van der Waals surface area (Å²) in [4.78, 5) is 14.2. The second-order valence-electron chi connectivity index (χ2n) is 2.82. The SMILES string of the molecule is COc1ncc(C=O)cc1NS(C)(=O)=O. The Labute approximate surface area is 87.3 Å². The van der Waals surface area contributed by atoms with Crippen LogP contribution in [0.2, 0.25) is 0 Å². The molecular formula is C8H10N2O4S. The van der Waals surface area contributed by atoms with Crippen LogP contribution in [0.25, 0.3) is 0 Å². The van der Waals surface area contributed by atoms with Gasteiger partial charge in [-0.3, -0.25) is 9.52 Å². The molecule has 0 aliphatic carbocycles. The van der Waals surface area contributed by atoms with Gasteiger partial charge in [-0.15, -0.1) is 0 Å². The Morgan fingerprint density at radius 3 is 2.67 bits per heavy atom. The standard InChI is InChI=1S/C8H10N2O4S/c1-14-8-7(10-15(2,12)13)3-6(5-11)4-9-8/h3-5,10H,1-2H3. The minimum atomic E-state index is -3.42. The van der Waals surface area contributed by atoms with Crippen molar-refractivity contribution in [3.63, 3.8) is 0 Å². The highest BCUT2D eigenvalue weighted by atomic mass is 32.2. The van der Waals surface area contributed by atoms with E-state index in [1.807, 2.05) is 0 Å². The first-order chi connectivity index (χ1) is 6.96. The Hall–Kier alpha value is -1.63. The number of nitrogens with one attached hydrogen (secondary N) is 1. The number of carbonyl (C=O) groups is 1. The van der Waals surface area contributed by atoms with Crippen LogP contribution < -0.4 is 9.46 Å². The summed E-state index contributed by atoms with van der Waals surface area (Å²) in [5.74, 6) is 0.117. The molecule has 0 amide bonds. The molecule has 1 N–H and O–H groups in total. The molecule has 0 saturated heterocycles. The Balaban J connectivity index is 3.17. The minimum absolute atomic E-state index is 0.117. The molecule has 1 aromatic rings. The lowest BCUT2D eigenvalue weighted by Crippen LogP contribution is -2.11. The molecule has 1 aromatic heterocycles. The molecule has 0 unspecified atom stereocenters. The van der Waals surface area contributed by atoms with Gasteiger partial charge >= 0.3 is 0 Å². The van der Waals surface area contributed by atoms with Crippen LogP contribution in [-0.2, 0) is 10.0 Å². The third-order valence-corrected chi connectivity index (χ3v) is 2.09. The fraction of sp³-hybridized carbons (Fsp3) is 0.250. The van der Waals surface area contributed by atoms with Gasteiger partial charge in [0.2, 0.25) is 15.9 Å². The summed E-state index contributed by atoms with van der Waals surface area (Å²) in [5.41, 5.74) is 0.409. The van der Waals surface area contributed by atoms with Crippen molar-refractivity contribution in [2.75, 3.05) is 18.1 Å². The third-order valence-electron chi connectivity index (χ3n) is 1.50. The zero-order valence-corrected chi connectivity index (χ0v) is 9.04. The van der Waals surface area contributed by atoms with Crippen molar-refractivity contribution in [1.29, 1.82) is 0 Å². The van der Waals surface area contributed by atoms with Crippen molar-refractivity contribution in [2.24, 2.45) is 0 Å². The smallest absolute Gasteiger partial charge is 0.238 e. The van der Waals surface area contributed by atoms with Gasteiger partial charge in [-0.1, -0.05) is 0 Å². The number of anilines is 1. The summed E-state index contributed by atoms with van der Waals surface area (Å²) in [7, 11) is -2.06. The Kier molecular flexibility index (Phi) is 3.25. The van der Waals surface area contributed by atoms with Crippen molar-refractivity contribution >= 4 is 22.0 Å². The predicted octanol–water partition coefficient (Wildman–Crippen LogP) is 0.274. The maximum atomic E-state index is 11.0. The molecule has 0 aromatic carbocycles. The molecule has 1 heterocycles. The van der Waals surface area contributed by atoms with Crippen LogP contribution in [-0.4, -0.2) is 33.1 Å². The maximum absolute atomic E-state index is 11.0. The van der Waals surface area contributed by atoms with Crippen LogP contribution in [0.4, 0.5) is 5.69 Å². The van der Waals surface area contributed by atoms with Crippen LogP contribution >= 0.6 is 0 Å². The van der Waals surface area contributed by atoms with Crippen LogP contribution in [0.5, 0.6) is 5.88 Å². The van der Waals surface area contributed by atoms with Gasteiger partial charge in [-0.2, -0.15) is 0 Å². The summed E-state index contributed by atoms with van der Waals surface area (Å²) in [6, 6.07) is 1.35. The first-order valence-corrected chi connectivity index (χ1v) is 5.82. The molecule has 0 spiro atoms. The molecule has 15 heavy (non-hydrogen) atoms. The number of methoxy groups -OCH3 is 1. The van der Waals surface area contributed by atoms with Gasteiger partial charge < -0.3 is 4.74 Å². The molecular weight excluding hydrogens is 220 g/mol. The van der Waals surface area contributed by atoms with Gasteiger partial charge in [0, 0.05) is 11.8 Å². The lowest BCUT2D eigenvalue weighted by Gasteiger charge is -2.08. The summed E-state index contributed by atoms with van der Waals surface area (Å²) in [6.07, 6.45) is 2.86. The molecule has 0 saturated carbocycles. The van der Waals surface area contributed by atoms with E-state index < -0.39 is 10.0 Å². The highest BCUT2D eigenvalue weighted by Gasteiger charge is 2.10. The molecule has 0 radical (unpaired) electrons. The molecule has 7 heteroatoms. The summed E-state index contributed by atoms with van der Waals surface area (Å²) < 4.78 is 29.0. The number of pyridine rings is 1. The number of ether oxygens (including phenoxy) is 1. The average molecular weight is 230 g/mol. The van der Waals surface area contributed by atoms with Gasteiger partial charge in [0.25, 0.3) is 0 Å². The highest BCUT2D eigenvalue weighted by molar-refractivity contribution is 7.92. The molecule has 0 bridgehead atoms. The number of nitrogens with zero attached hydrogens (tertiary/aromatic N) is 1. The van der Waals surface area contributed by atoms with Crippen LogP contribution in [0, 0.1) is 0 Å².